The molecule has 2 aromatic rings. The quantitative estimate of drug-likeness (QED) is 0.811. The smallest absolute Gasteiger partial charge is 0.269 e. The second kappa shape index (κ2) is 5.24. The SMILES string of the molecule is CCn1nc(C)cc1Cn1cnc(Cl)c(Br)c1=O. The Kier molecular flexibility index (Phi) is 3.87. The molecule has 7 heteroatoms. The third-order valence-corrected chi connectivity index (χ3v) is 3.79. The van der Waals surface area contributed by atoms with Gasteiger partial charge in [0.05, 0.1) is 24.3 Å². The molecule has 0 N–H and O–H groups in total. The van der Waals surface area contributed by atoms with Crippen molar-refractivity contribution < 1.29 is 0 Å². The Hall–Kier alpha value is -1.14. The Morgan fingerprint density at radius 1 is 1.50 bits per heavy atom. The van der Waals surface area contributed by atoms with Crippen LogP contribution in [0.15, 0.2) is 21.7 Å². The minimum atomic E-state index is -0.198. The topological polar surface area (TPSA) is 52.7 Å². The number of rotatable bonds is 3. The van der Waals surface area contributed by atoms with Crippen LogP contribution in [0.2, 0.25) is 5.15 Å². The molecule has 5 nitrogen and oxygen atoms in total. The molecule has 0 bridgehead atoms. The summed E-state index contributed by atoms with van der Waals surface area (Å²) in [4.78, 5) is 15.9. The summed E-state index contributed by atoms with van der Waals surface area (Å²) in [6.07, 6.45) is 1.44. The number of hydrogen-bond acceptors (Lipinski definition) is 3. The summed E-state index contributed by atoms with van der Waals surface area (Å²) in [6.45, 7) is 5.12. The van der Waals surface area contributed by atoms with Crippen molar-refractivity contribution in [2.75, 3.05) is 0 Å². The molecule has 0 aliphatic heterocycles. The zero-order chi connectivity index (χ0) is 13.3. The highest BCUT2D eigenvalue weighted by Crippen LogP contribution is 2.14. The van der Waals surface area contributed by atoms with Gasteiger partial charge in [0, 0.05) is 6.54 Å². The Morgan fingerprint density at radius 3 is 2.89 bits per heavy atom. The van der Waals surface area contributed by atoms with E-state index in [1.54, 1.807) is 0 Å². The minimum absolute atomic E-state index is 0.177. The van der Waals surface area contributed by atoms with Crippen molar-refractivity contribution in [2.45, 2.75) is 26.9 Å². The number of aromatic nitrogens is 4. The molecule has 2 heterocycles. The Morgan fingerprint density at radius 2 is 2.22 bits per heavy atom. The molecule has 0 saturated heterocycles. The lowest BCUT2D eigenvalue weighted by Gasteiger charge is -2.07. The van der Waals surface area contributed by atoms with Crippen molar-refractivity contribution in [2.24, 2.45) is 0 Å². The Labute approximate surface area is 118 Å². The van der Waals surface area contributed by atoms with Crippen LogP contribution in [0.3, 0.4) is 0 Å². The summed E-state index contributed by atoms with van der Waals surface area (Å²) in [5, 5.41) is 4.52. The number of aryl methyl sites for hydroxylation is 2. The molecule has 0 unspecified atom stereocenters. The van der Waals surface area contributed by atoms with Crippen molar-refractivity contribution in [3.05, 3.63) is 43.8 Å². The first-order chi connectivity index (χ1) is 8.52. The van der Waals surface area contributed by atoms with Gasteiger partial charge >= 0.3 is 0 Å². The second-order valence-electron chi connectivity index (χ2n) is 3.88. The molecule has 2 aromatic heterocycles. The second-order valence-corrected chi connectivity index (χ2v) is 5.03. The van der Waals surface area contributed by atoms with E-state index in [1.165, 1.54) is 10.9 Å². The van der Waals surface area contributed by atoms with Crippen LogP contribution in [0, 0.1) is 6.92 Å². The average molecular weight is 332 g/mol. The van der Waals surface area contributed by atoms with E-state index in [2.05, 4.69) is 26.0 Å². The third-order valence-electron chi connectivity index (χ3n) is 2.56. The molecule has 18 heavy (non-hydrogen) atoms. The fourth-order valence-corrected chi connectivity index (χ4v) is 2.19. The largest absolute Gasteiger partial charge is 0.292 e. The minimum Gasteiger partial charge on any atom is -0.292 e. The molecule has 0 radical (unpaired) electrons. The fraction of sp³-hybridized carbons (Fsp3) is 0.364. The first-order valence-electron chi connectivity index (χ1n) is 5.46. The van der Waals surface area contributed by atoms with Gasteiger partial charge in [-0.25, -0.2) is 4.98 Å². The fourth-order valence-electron chi connectivity index (χ4n) is 1.73. The van der Waals surface area contributed by atoms with E-state index in [4.69, 9.17) is 11.6 Å². The normalized spacial score (nSPS) is 10.9. The van der Waals surface area contributed by atoms with E-state index < -0.39 is 0 Å². The molecule has 0 aliphatic carbocycles. The van der Waals surface area contributed by atoms with Crippen LogP contribution in [0.4, 0.5) is 0 Å². The maximum absolute atomic E-state index is 12.0. The third kappa shape index (κ3) is 2.49. The molecule has 0 saturated carbocycles. The maximum Gasteiger partial charge on any atom is 0.269 e. The molecule has 0 spiro atoms. The Balaban J connectivity index is 2.40. The summed E-state index contributed by atoms with van der Waals surface area (Å²) in [5.41, 5.74) is 1.70. The molecule has 0 amide bonds. The highest BCUT2D eigenvalue weighted by Gasteiger charge is 2.10. The average Bonchev–Trinajstić information content (AvgIpc) is 2.70. The van der Waals surface area contributed by atoms with Gasteiger partial charge in [0.2, 0.25) is 0 Å². The zero-order valence-electron chi connectivity index (χ0n) is 10.0. The van der Waals surface area contributed by atoms with Crippen molar-refractivity contribution >= 4 is 27.5 Å². The maximum atomic E-state index is 12.0. The van der Waals surface area contributed by atoms with Gasteiger partial charge < -0.3 is 0 Å². The van der Waals surface area contributed by atoms with E-state index in [9.17, 15) is 4.79 Å². The molecule has 0 atom stereocenters. The highest BCUT2D eigenvalue weighted by molar-refractivity contribution is 9.10. The van der Waals surface area contributed by atoms with Gasteiger partial charge in [-0.05, 0) is 35.8 Å². The lowest BCUT2D eigenvalue weighted by Crippen LogP contribution is -2.23. The van der Waals surface area contributed by atoms with E-state index in [0.717, 1.165) is 17.9 Å². The monoisotopic (exact) mass is 330 g/mol. The van der Waals surface area contributed by atoms with Crippen LogP contribution in [0.5, 0.6) is 0 Å². The van der Waals surface area contributed by atoms with E-state index in [1.807, 2.05) is 24.6 Å². The predicted molar refractivity (Wildman–Crippen MR) is 72.9 cm³/mol. The molecule has 0 aromatic carbocycles. The lowest BCUT2D eigenvalue weighted by atomic mass is 10.3. The van der Waals surface area contributed by atoms with Crippen molar-refractivity contribution in [3.63, 3.8) is 0 Å². The predicted octanol–water partition coefficient (Wildman–Crippen LogP) is 2.23. The molecular formula is C11H12BrClN4O. The lowest BCUT2D eigenvalue weighted by molar-refractivity contribution is 0.587. The highest BCUT2D eigenvalue weighted by atomic mass is 79.9. The van der Waals surface area contributed by atoms with Crippen molar-refractivity contribution in [1.29, 1.82) is 0 Å². The standard InChI is InChI=1S/C11H12BrClN4O/c1-3-17-8(4-7(2)15-17)5-16-6-14-10(13)9(12)11(16)18/h4,6H,3,5H2,1-2H3. The van der Waals surface area contributed by atoms with Gasteiger partial charge in [0.1, 0.15) is 4.47 Å². The molecule has 0 fully saturated rings. The number of nitrogens with zero attached hydrogens (tertiary/aromatic N) is 4. The molecule has 96 valence electrons. The van der Waals surface area contributed by atoms with Crippen molar-refractivity contribution in [3.8, 4) is 0 Å². The molecule has 0 aliphatic rings. The number of halogens is 2. The number of hydrogen-bond donors (Lipinski definition) is 0. The molecular weight excluding hydrogens is 320 g/mol. The van der Waals surface area contributed by atoms with Crippen LogP contribution in [0.1, 0.15) is 18.3 Å². The zero-order valence-corrected chi connectivity index (χ0v) is 12.4. The van der Waals surface area contributed by atoms with E-state index >= 15 is 0 Å². The van der Waals surface area contributed by atoms with Gasteiger partial charge in [-0.1, -0.05) is 11.6 Å². The van der Waals surface area contributed by atoms with Crippen LogP contribution in [0.25, 0.3) is 0 Å². The Bertz CT molecular complexity index is 634. The first-order valence-corrected chi connectivity index (χ1v) is 6.63. The van der Waals surface area contributed by atoms with Gasteiger partial charge in [0.15, 0.2) is 5.15 Å². The van der Waals surface area contributed by atoms with Gasteiger partial charge in [-0.15, -0.1) is 0 Å². The van der Waals surface area contributed by atoms with Gasteiger partial charge in [0.25, 0.3) is 5.56 Å². The summed E-state index contributed by atoms with van der Waals surface area (Å²) in [5.74, 6) is 0. The van der Waals surface area contributed by atoms with Crippen LogP contribution < -0.4 is 5.56 Å². The van der Waals surface area contributed by atoms with E-state index in [-0.39, 0.29) is 15.2 Å². The van der Waals surface area contributed by atoms with E-state index in [0.29, 0.717) is 6.54 Å². The first kappa shape index (κ1) is 13.3. The molecule has 2 rings (SSSR count). The van der Waals surface area contributed by atoms with Crippen molar-refractivity contribution in [1.82, 2.24) is 19.3 Å². The summed E-state index contributed by atoms with van der Waals surface area (Å²) in [7, 11) is 0. The summed E-state index contributed by atoms with van der Waals surface area (Å²) >= 11 is 8.90. The van der Waals surface area contributed by atoms with Crippen LogP contribution in [-0.2, 0) is 13.1 Å². The van der Waals surface area contributed by atoms with Gasteiger partial charge in [-0.2, -0.15) is 5.10 Å². The summed E-state index contributed by atoms with van der Waals surface area (Å²) < 4.78 is 3.65. The van der Waals surface area contributed by atoms with Crippen LogP contribution in [-0.4, -0.2) is 19.3 Å². The van der Waals surface area contributed by atoms with Gasteiger partial charge in [-0.3, -0.25) is 14.0 Å². The van der Waals surface area contributed by atoms with Crippen LogP contribution >= 0.6 is 27.5 Å². The summed E-state index contributed by atoms with van der Waals surface area (Å²) in [6, 6.07) is 1.96.